The molecular formula is C11H15NO2. The molecular weight excluding hydrogens is 178 g/mol. The average molecular weight is 193 g/mol. The molecule has 2 rings (SSSR count). The molecule has 0 amide bonds. The zero-order valence-electron chi connectivity index (χ0n) is 8.31. The summed E-state index contributed by atoms with van der Waals surface area (Å²) in [6.07, 6.45) is 1.13. The number of pyridine rings is 1. The van der Waals surface area contributed by atoms with Crippen LogP contribution in [-0.4, -0.2) is 22.8 Å². The molecule has 3 nitrogen and oxygen atoms in total. The highest BCUT2D eigenvalue weighted by atomic mass is 16.5. The van der Waals surface area contributed by atoms with Crippen LogP contribution >= 0.6 is 0 Å². The molecule has 0 saturated carbocycles. The predicted octanol–water partition coefficient (Wildman–Crippen LogP) is 1.60. The highest BCUT2D eigenvalue weighted by molar-refractivity contribution is 5.12. The Bertz CT molecular complexity index is 314. The molecule has 1 N–H and O–H groups in total. The second-order valence-corrected chi connectivity index (χ2v) is 3.74. The minimum atomic E-state index is -0.240. The van der Waals surface area contributed by atoms with E-state index in [1.807, 2.05) is 25.1 Å². The molecule has 2 unspecified atom stereocenters. The third-order valence-electron chi connectivity index (χ3n) is 2.50. The molecule has 2 heterocycles. The van der Waals surface area contributed by atoms with Crippen LogP contribution in [0.4, 0.5) is 0 Å². The van der Waals surface area contributed by atoms with Crippen LogP contribution in [0.5, 0.6) is 0 Å². The number of aliphatic hydroxyl groups is 1. The van der Waals surface area contributed by atoms with Crippen molar-refractivity contribution in [2.75, 3.05) is 6.61 Å². The summed E-state index contributed by atoms with van der Waals surface area (Å²) < 4.78 is 5.57. The molecule has 0 aromatic carbocycles. The van der Waals surface area contributed by atoms with Crippen LogP contribution in [0.2, 0.25) is 0 Å². The third kappa shape index (κ3) is 2.11. The number of rotatable bonds is 1. The van der Waals surface area contributed by atoms with E-state index in [0.29, 0.717) is 13.0 Å². The summed E-state index contributed by atoms with van der Waals surface area (Å²) in [6, 6.07) is 5.89. The van der Waals surface area contributed by atoms with Gasteiger partial charge in [0.05, 0.1) is 11.8 Å². The number of hydrogen-bond donors (Lipinski definition) is 1. The van der Waals surface area contributed by atoms with Gasteiger partial charge in [0, 0.05) is 18.7 Å². The molecule has 1 aromatic heterocycles. The molecule has 1 aliphatic rings. The van der Waals surface area contributed by atoms with Gasteiger partial charge in [-0.2, -0.15) is 0 Å². The number of hydrogen-bond acceptors (Lipinski definition) is 3. The number of aryl methyl sites for hydroxylation is 1. The van der Waals surface area contributed by atoms with Crippen LogP contribution in [0.15, 0.2) is 18.2 Å². The monoisotopic (exact) mass is 193 g/mol. The van der Waals surface area contributed by atoms with Gasteiger partial charge in [0.1, 0.15) is 6.10 Å². The highest BCUT2D eigenvalue weighted by Crippen LogP contribution is 2.26. The topological polar surface area (TPSA) is 42.4 Å². The molecule has 1 aliphatic heterocycles. The van der Waals surface area contributed by atoms with Crippen molar-refractivity contribution in [1.29, 1.82) is 0 Å². The van der Waals surface area contributed by atoms with E-state index < -0.39 is 0 Å². The zero-order valence-corrected chi connectivity index (χ0v) is 8.31. The molecule has 76 valence electrons. The zero-order chi connectivity index (χ0) is 9.97. The van der Waals surface area contributed by atoms with Crippen LogP contribution in [0.1, 0.15) is 30.3 Å². The molecule has 0 aliphatic carbocycles. The maximum atomic E-state index is 9.50. The molecule has 0 spiro atoms. The Hall–Kier alpha value is -0.930. The van der Waals surface area contributed by atoms with Gasteiger partial charge in [-0.3, -0.25) is 4.98 Å². The van der Waals surface area contributed by atoms with E-state index in [9.17, 15) is 5.11 Å². The Labute approximate surface area is 83.7 Å². The first-order valence-corrected chi connectivity index (χ1v) is 4.99. The smallest absolute Gasteiger partial charge is 0.102 e. The van der Waals surface area contributed by atoms with Gasteiger partial charge in [-0.15, -0.1) is 0 Å². The number of nitrogens with zero attached hydrogens (tertiary/aromatic N) is 1. The largest absolute Gasteiger partial charge is 0.393 e. The lowest BCUT2D eigenvalue weighted by Crippen LogP contribution is -2.24. The average Bonchev–Trinajstić information content (AvgIpc) is 2.18. The van der Waals surface area contributed by atoms with Crippen molar-refractivity contribution in [1.82, 2.24) is 4.98 Å². The van der Waals surface area contributed by atoms with E-state index in [2.05, 4.69) is 4.98 Å². The Morgan fingerprint density at radius 2 is 2.36 bits per heavy atom. The van der Waals surface area contributed by atoms with E-state index in [4.69, 9.17) is 4.74 Å². The summed E-state index contributed by atoms with van der Waals surface area (Å²) in [5.74, 6) is 0. The van der Waals surface area contributed by atoms with Gasteiger partial charge in [0.15, 0.2) is 0 Å². The van der Waals surface area contributed by atoms with Crippen LogP contribution in [0, 0.1) is 6.92 Å². The van der Waals surface area contributed by atoms with Gasteiger partial charge < -0.3 is 9.84 Å². The van der Waals surface area contributed by atoms with Gasteiger partial charge in [-0.25, -0.2) is 0 Å². The van der Waals surface area contributed by atoms with Crippen molar-refractivity contribution in [3.05, 3.63) is 29.6 Å². The standard InChI is InChI=1S/C11H15NO2/c1-8-3-2-4-10(12-8)11-7-9(13)5-6-14-11/h2-4,9,11,13H,5-7H2,1H3. The fraction of sp³-hybridized carbons (Fsp3) is 0.545. The maximum Gasteiger partial charge on any atom is 0.102 e. The van der Waals surface area contributed by atoms with Gasteiger partial charge >= 0.3 is 0 Å². The van der Waals surface area contributed by atoms with E-state index in [1.54, 1.807) is 0 Å². The lowest BCUT2D eigenvalue weighted by molar-refractivity contribution is -0.0466. The van der Waals surface area contributed by atoms with Crippen LogP contribution < -0.4 is 0 Å². The first-order valence-electron chi connectivity index (χ1n) is 4.99. The second-order valence-electron chi connectivity index (χ2n) is 3.74. The van der Waals surface area contributed by atoms with Crippen molar-refractivity contribution >= 4 is 0 Å². The molecule has 3 heteroatoms. The first kappa shape index (κ1) is 9.62. The van der Waals surface area contributed by atoms with E-state index in [0.717, 1.165) is 17.8 Å². The van der Waals surface area contributed by atoms with Crippen molar-refractivity contribution in [2.24, 2.45) is 0 Å². The quantitative estimate of drug-likeness (QED) is 0.736. The van der Waals surface area contributed by atoms with Crippen LogP contribution in [-0.2, 0) is 4.74 Å². The van der Waals surface area contributed by atoms with Crippen molar-refractivity contribution < 1.29 is 9.84 Å². The molecule has 1 fully saturated rings. The summed E-state index contributed by atoms with van der Waals surface area (Å²) in [6.45, 7) is 2.59. The Balaban J connectivity index is 2.14. The molecule has 1 aromatic rings. The van der Waals surface area contributed by atoms with Gasteiger partial charge in [0.2, 0.25) is 0 Å². The number of ether oxygens (including phenoxy) is 1. The molecule has 0 radical (unpaired) electrons. The third-order valence-corrected chi connectivity index (χ3v) is 2.50. The lowest BCUT2D eigenvalue weighted by Gasteiger charge is -2.26. The molecule has 1 saturated heterocycles. The lowest BCUT2D eigenvalue weighted by atomic mass is 10.0. The number of aromatic nitrogens is 1. The fourth-order valence-corrected chi connectivity index (χ4v) is 1.73. The van der Waals surface area contributed by atoms with Crippen LogP contribution in [0.25, 0.3) is 0 Å². The molecule has 14 heavy (non-hydrogen) atoms. The van der Waals surface area contributed by atoms with Gasteiger partial charge in [-0.05, 0) is 25.5 Å². The normalized spacial score (nSPS) is 27.6. The minimum absolute atomic E-state index is 0.0290. The first-order chi connectivity index (χ1) is 6.75. The minimum Gasteiger partial charge on any atom is -0.393 e. The Morgan fingerprint density at radius 1 is 1.50 bits per heavy atom. The summed E-state index contributed by atoms with van der Waals surface area (Å²) in [5.41, 5.74) is 1.93. The summed E-state index contributed by atoms with van der Waals surface area (Å²) in [7, 11) is 0. The van der Waals surface area contributed by atoms with Crippen molar-refractivity contribution in [3.63, 3.8) is 0 Å². The van der Waals surface area contributed by atoms with Gasteiger partial charge in [-0.1, -0.05) is 6.07 Å². The fourth-order valence-electron chi connectivity index (χ4n) is 1.73. The van der Waals surface area contributed by atoms with Crippen LogP contribution in [0.3, 0.4) is 0 Å². The Kier molecular flexibility index (Phi) is 2.79. The van der Waals surface area contributed by atoms with Gasteiger partial charge in [0.25, 0.3) is 0 Å². The van der Waals surface area contributed by atoms with E-state index in [-0.39, 0.29) is 12.2 Å². The van der Waals surface area contributed by atoms with Crippen molar-refractivity contribution in [3.8, 4) is 0 Å². The number of aliphatic hydroxyl groups excluding tert-OH is 1. The van der Waals surface area contributed by atoms with E-state index >= 15 is 0 Å². The summed E-state index contributed by atoms with van der Waals surface area (Å²) in [5, 5.41) is 9.50. The molecule has 0 bridgehead atoms. The van der Waals surface area contributed by atoms with E-state index in [1.165, 1.54) is 0 Å². The maximum absolute atomic E-state index is 9.50. The Morgan fingerprint density at radius 3 is 3.07 bits per heavy atom. The second kappa shape index (κ2) is 4.07. The molecule has 2 atom stereocenters. The summed E-state index contributed by atoms with van der Waals surface area (Å²) >= 11 is 0. The highest BCUT2D eigenvalue weighted by Gasteiger charge is 2.22. The SMILES string of the molecule is Cc1cccc(C2CC(O)CCO2)n1. The predicted molar refractivity (Wildman–Crippen MR) is 52.9 cm³/mol. The summed E-state index contributed by atoms with van der Waals surface area (Å²) in [4.78, 5) is 4.40. The van der Waals surface area contributed by atoms with Crippen molar-refractivity contribution in [2.45, 2.75) is 32.0 Å².